The third kappa shape index (κ3) is 4.00. The molecule has 1 aliphatic rings. The van der Waals surface area contributed by atoms with E-state index in [2.05, 4.69) is 19.2 Å². The minimum absolute atomic E-state index is 0.160. The van der Waals surface area contributed by atoms with Gasteiger partial charge in [-0.3, -0.25) is 4.79 Å². The lowest BCUT2D eigenvalue weighted by molar-refractivity contribution is -0.904. The fraction of sp³-hybridized carbons (Fsp3) is 0.533. The summed E-state index contributed by atoms with van der Waals surface area (Å²) in [7, 11) is 0. The minimum atomic E-state index is -0.949. The average Bonchev–Trinajstić information content (AvgIpc) is 2.32. The van der Waals surface area contributed by atoms with Crippen molar-refractivity contribution in [2.24, 2.45) is 11.8 Å². The number of halogens is 2. The zero-order valence-corrected chi connectivity index (χ0v) is 11.9. The van der Waals surface area contributed by atoms with Crippen molar-refractivity contribution >= 4 is 11.6 Å². The number of rotatable bonds is 3. The molecule has 1 aromatic rings. The summed E-state index contributed by atoms with van der Waals surface area (Å²) in [6.07, 6.45) is 1.20. The molecule has 0 aromatic heterocycles. The van der Waals surface area contributed by atoms with E-state index in [1.165, 1.54) is 17.4 Å². The predicted molar refractivity (Wildman–Crippen MR) is 73.5 cm³/mol. The van der Waals surface area contributed by atoms with Crippen molar-refractivity contribution in [3.05, 3.63) is 29.8 Å². The van der Waals surface area contributed by atoms with Crippen molar-refractivity contribution in [2.75, 3.05) is 25.0 Å². The summed E-state index contributed by atoms with van der Waals surface area (Å²) in [5.41, 5.74) is 0.298. The molecule has 110 valence electrons. The summed E-state index contributed by atoms with van der Waals surface area (Å²) in [4.78, 5) is 13.2. The molecule has 3 atom stereocenters. The Bertz CT molecular complexity index is 483. The van der Waals surface area contributed by atoms with E-state index >= 15 is 0 Å². The summed E-state index contributed by atoms with van der Waals surface area (Å²) in [5.74, 6) is -0.787. The van der Waals surface area contributed by atoms with Crippen LogP contribution in [0.3, 0.4) is 0 Å². The second-order valence-corrected chi connectivity index (χ2v) is 5.96. The SMILES string of the molecule is C[C@@H]1C[C@H](C)C[NH+](CC(=O)Nc2ccc(F)c(F)c2)C1. The second-order valence-electron chi connectivity index (χ2n) is 5.96. The third-order valence-corrected chi connectivity index (χ3v) is 3.69. The lowest BCUT2D eigenvalue weighted by atomic mass is 9.92. The Morgan fingerprint density at radius 2 is 1.90 bits per heavy atom. The maximum atomic E-state index is 13.1. The summed E-state index contributed by atoms with van der Waals surface area (Å²) >= 11 is 0. The van der Waals surface area contributed by atoms with Gasteiger partial charge in [-0.25, -0.2) is 8.78 Å². The Labute approximate surface area is 118 Å². The smallest absolute Gasteiger partial charge is 0.279 e. The number of likely N-dealkylation sites (tertiary alicyclic amines) is 1. The first-order chi connectivity index (χ1) is 9.44. The molecule has 3 nitrogen and oxygen atoms in total. The van der Waals surface area contributed by atoms with Crippen molar-refractivity contribution in [3.63, 3.8) is 0 Å². The van der Waals surface area contributed by atoms with Gasteiger partial charge in [-0.1, -0.05) is 13.8 Å². The molecule has 20 heavy (non-hydrogen) atoms. The van der Waals surface area contributed by atoms with Crippen LogP contribution in [0.15, 0.2) is 18.2 Å². The normalized spacial score (nSPS) is 26.3. The number of piperidine rings is 1. The van der Waals surface area contributed by atoms with Gasteiger partial charge in [0.05, 0.1) is 13.1 Å². The molecule has 0 spiro atoms. The van der Waals surface area contributed by atoms with Crippen molar-refractivity contribution in [1.29, 1.82) is 0 Å². The molecule has 1 unspecified atom stereocenters. The Morgan fingerprint density at radius 3 is 2.50 bits per heavy atom. The molecule has 5 heteroatoms. The van der Waals surface area contributed by atoms with E-state index in [9.17, 15) is 13.6 Å². The number of hydrogen-bond acceptors (Lipinski definition) is 1. The maximum Gasteiger partial charge on any atom is 0.279 e. The van der Waals surface area contributed by atoms with Crippen molar-refractivity contribution in [1.82, 2.24) is 0 Å². The predicted octanol–water partition coefficient (Wildman–Crippen LogP) is 1.46. The number of anilines is 1. The van der Waals surface area contributed by atoms with Crippen LogP contribution in [0.4, 0.5) is 14.5 Å². The van der Waals surface area contributed by atoms with Crippen molar-refractivity contribution in [2.45, 2.75) is 20.3 Å². The molecule has 0 radical (unpaired) electrons. The molecule has 0 aliphatic carbocycles. The van der Waals surface area contributed by atoms with Crippen LogP contribution in [0.1, 0.15) is 20.3 Å². The van der Waals surface area contributed by atoms with Crippen LogP contribution in [0.5, 0.6) is 0 Å². The lowest BCUT2D eigenvalue weighted by Gasteiger charge is -2.31. The molecule has 1 fully saturated rings. The van der Waals surface area contributed by atoms with Gasteiger partial charge in [0, 0.05) is 23.6 Å². The summed E-state index contributed by atoms with van der Waals surface area (Å²) in [5, 5.41) is 2.62. The van der Waals surface area contributed by atoms with Gasteiger partial charge in [-0.15, -0.1) is 0 Å². The Kier molecular flexibility index (Phi) is 4.70. The summed E-state index contributed by atoms with van der Waals surface area (Å²) in [6.45, 7) is 6.73. The van der Waals surface area contributed by atoms with E-state index in [0.29, 0.717) is 24.1 Å². The Hall–Kier alpha value is -1.49. The highest BCUT2D eigenvalue weighted by Crippen LogP contribution is 2.13. The van der Waals surface area contributed by atoms with Crippen molar-refractivity contribution in [3.8, 4) is 0 Å². The second kappa shape index (κ2) is 6.31. The number of carbonyl (C=O) groups excluding carboxylic acids is 1. The topological polar surface area (TPSA) is 33.5 Å². The van der Waals surface area contributed by atoms with E-state index in [0.717, 1.165) is 25.2 Å². The molecule has 2 rings (SSSR count). The van der Waals surface area contributed by atoms with Gasteiger partial charge in [0.15, 0.2) is 18.2 Å². The minimum Gasteiger partial charge on any atom is -0.327 e. The largest absolute Gasteiger partial charge is 0.327 e. The lowest BCUT2D eigenvalue weighted by Crippen LogP contribution is -3.15. The first-order valence-electron chi connectivity index (χ1n) is 7.02. The van der Waals surface area contributed by atoms with E-state index < -0.39 is 11.6 Å². The van der Waals surface area contributed by atoms with Gasteiger partial charge in [-0.05, 0) is 18.6 Å². The monoisotopic (exact) mass is 283 g/mol. The average molecular weight is 283 g/mol. The molecule has 1 aliphatic heterocycles. The van der Waals surface area contributed by atoms with Crippen LogP contribution in [0.25, 0.3) is 0 Å². The third-order valence-electron chi connectivity index (χ3n) is 3.69. The zero-order chi connectivity index (χ0) is 14.7. The van der Waals surface area contributed by atoms with Gasteiger partial charge >= 0.3 is 0 Å². The molecule has 2 N–H and O–H groups in total. The van der Waals surface area contributed by atoms with Gasteiger partial charge in [0.1, 0.15) is 0 Å². The van der Waals surface area contributed by atoms with Crippen LogP contribution in [0.2, 0.25) is 0 Å². The van der Waals surface area contributed by atoms with Crippen LogP contribution in [-0.2, 0) is 4.79 Å². The van der Waals surface area contributed by atoms with E-state index in [1.807, 2.05) is 0 Å². The first kappa shape index (κ1) is 14.9. The molecule has 1 aromatic carbocycles. The number of carbonyl (C=O) groups is 1. The van der Waals surface area contributed by atoms with Gasteiger partial charge in [0.2, 0.25) is 0 Å². The molecular weight excluding hydrogens is 262 g/mol. The van der Waals surface area contributed by atoms with Crippen LogP contribution in [0, 0.1) is 23.5 Å². The van der Waals surface area contributed by atoms with Gasteiger partial charge < -0.3 is 10.2 Å². The Morgan fingerprint density at radius 1 is 1.25 bits per heavy atom. The number of quaternary nitrogens is 1. The standard InChI is InChI=1S/C15H20F2N2O/c1-10-5-11(2)8-19(7-10)9-15(20)18-12-3-4-13(16)14(17)6-12/h3-4,6,10-11H,5,7-9H2,1-2H3,(H,18,20)/p+1/t10-,11+. The number of amides is 1. The van der Waals surface area contributed by atoms with Gasteiger partial charge in [0.25, 0.3) is 5.91 Å². The van der Waals surface area contributed by atoms with Gasteiger partial charge in [-0.2, -0.15) is 0 Å². The van der Waals surface area contributed by atoms with Crippen LogP contribution in [-0.4, -0.2) is 25.5 Å². The Balaban J connectivity index is 1.90. The number of nitrogens with one attached hydrogen (secondary N) is 2. The van der Waals surface area contributed by atoms with E-state index in [4.69, 9.17) is 0 Å². The van der Waals surface area contributed by atoms with Crippen LogP contribution >= 0.6 is 0 Å². The fourth-order valence-corrected chi connectivity index (χ4v) is 3.07. The molecule has 1 amide bonds. The molecule has 0 saturated carbocycles. The summed E-state index contributed by atoms with van der Waals surface area (Å²) < 4.78 is 25.9. The number of benzene rings is 1. The van der Waals surface area contributed by atoms with E-state index in [1.54, 1.807) is 0 Å². The highest BCUT2D eigenvalue weighted by molar-refractivity contribution is 5.91. The fourth-order valence-electron chi connectivity index (χ4n) is 3.07. The van der Waals surface area contributed by atoms with Crippen molar-refractivity contribution < 1.29 is 18.5 Å². The molecule has 0 bridgehead atoms. The molecule has 1 saturated heterocycles. The quantitative estimate of drug-likeness (QED) is 0.865. The van der Waals surface area contributed by atoms with E-state index in [-0.39, 0.29) is 5.91 Å². The number of hydrogen-bond donors (Lipinski definition) is 2. The zero-order valence-electron chi connectivity index (χ0n) is 11.9. The molecular formula is C15H21F2N2O+. The highest BCUT2D eigenvalue weighted by atomic mass is 19.2. The maximum absolute atomic E-state index is 13.1. The molecule has 1 heterocycles. The first-order valence-corrected chi connectivity index (χ1v) is 7.02. The summed E-state index contributed by atoms with van der Waals surface area (Å²) in [6, 6.07) is 3.39. The highest BCUT2D eigenvalue weighted by Gasteiger charge is 2.26. The van der Waals surface area contributed by atoms with Crippen LogP contribution < -0.4 is 10.2 Å².